The zero-order chi connectivity index (χ0) is 16.6. The third kappa shape index (κ3) is 3.53. The molecule has 23 heavy (non-hydrogen) atoms. The number of amides is 2. The highest BCUT2D eigenvalue weighted by Gasteiger charge is 2.42. The number of hydrogen-bond acceptors (Lipinski definition) is 4. The summed E-state index contributed by atoms with van der Waals surface area (Å²) >= 11 is 0. The van der Waals surface area contributed by atoms with Gasteiger partial charge in [-0.25, -0.2) is 0 Å². The summed E-state index contributed by atoms with van der Waals surface area (Å²) in [5, 5.41) is 3.25. The minimum absolute atomic E-state index is 0.000927. The summed E-state index contributed by atoms with van der Waals surface area (Å²) in [5.74, 6) is 0.319. The number of hydrogen-bond donors (Lipinski definition) is 1. The SMILES string of the molecule is CC1OCCC1C(=O)NC1CC2CCC(C1)N2CC(=O)N(C)C. The Morgan fingerprint density at radius 3 is 2.35 bits per heavy atom. The fraction of sp³-hybridized carbons (Fsp3) is 0.882. The Labute approximate surface area is 138 Å². The fourth-order valence-corrected chi connectivity index (χ4v) is 4.33. The number of nitrogens with zero attached hydrogens (tertiary/aromatic N) is 2. The first kappa shape index (κ1) is 16.7. The van der Waals surface area contributed by atoms with E-state index in [4.69, 9.17) is 4.74 Å². The highest BCUT2D eigenvalue weighted by atomic mass is 16.5. The van der Waals surface area contributed by atoms with Crippen LogP contribution in [-0.2, 0) is 14.3 Å². The second-order valence-corrected chi connectivity index (χ2v) is 7.49. The maximum atomic E-state index is 12.4. The number of nitrogens with one attached hydrogen (secondary N) is 1. The van der Waals surface area contributed by atoms with Crippen molar-refractivity contribution in [1.29, 1.82) is 0 Å². The lowest BCUT2D eigenvalue weighted by Crippen LogP contribution is -2.53. The lowest BCUT2D eigenvalue weighted by atomic mass is 9.95. The molecule has 3 aliphatic rings. The molecule has 0 spiro atoms. The molecule has 0 aromatic heterocycles. The van der Waals surface area contributed by atoms with Crippen LogP contribution in [0.2, 0.25) is 0 Å². The lowest BCUT2D eigenvalue weighted by Gasteiger charge is -2.39. The molecule has 2 amide bonds. The average molecular weight is 323 g/mol. The molecule has 3 saturated heterocycles. The van der Waals surface area contributed by atoms with E-state index in [1.807, 2.05) is 21.0 Å². The molecule has 0 aromatic carbocycles. The molecule has 6 heteroatoms. The molecule has 3 heterocycles. The van der Waals surface area contributed by atoms with Crippen LogP contribution in [0.25, 0.3) is 0 Å². The van der Waals surface area contributed by atoms with Gasteiger partial charge in [-0.2, -0.15) is 0 Å². The van der Waals surface area contributed by atoms with E-state index in [0.717, 1.165) is 32.1 Å². The Morgan fingerprint density at radius 2 is 1.83 bits per heavy atom. The van der Waals surface area contributed by atoms with Gasteiger partial charge in [-0.1, -0.05) is 0 Å². The van der Waals surface area contributed by atoms with Crippen LogP contribution in [0, 0.1) is 5.92 Å². The van der Waals surface area contributed by atoms with Crippen LogP contribution in [0.4, 0.5) is 0 Å². The van der Waals surface area contributed by atoms with E-state index in [2.05, 4.69) is 10.2 Å². The highest BCUT2D eigenvalue weighted by molar-refractivity contribution is 5.80. The number of ether oxygens (including phenoxy) is 1. The van der Waals surface area contributed by atoms with Gasteiger partial charge in [0.15, 0.2) is 0 Å². The Balaban J connectivity index is 1.54. The normalized spacial score (nSPS) is 36.9. The summed E-state index contributed by atoms with van der Waals surface area (Å²) < 4.78 is 5.50. The van der Waals surface area contributed by atoms with E-state index < -0.39 is 0 Å². The van der Waals surface area contributed by atoms with Gasteiger partial charge in [-0.05, 0) is 39.0 Å². The maximum Gasteiger partial charge on any atom is 0.236 e. The predicted octanol–water partition coefficient (Wildman–Crippen LogP) is 0.611. The molecular formula is C17H29N3O3. The van der Waals surface area contributed by atoms with Crippen molar-refractivity contribution < 1.29 is 14.3 Å². The number of rotatable bonds is 4. The van der Waals surface area contributed by atoms with Crippen molar-refractivity contribution in [2.24, 2.45) is 5.92 Å². The molecule has 0 radical (unpaired) electrons. The van der Waals surface area contributed by atoms with Gasteiger partial charge >= 0.3 is 0 Å². The van der Waals surface area contributed by atoms with E-state index in [1.165, 1.54) is 0 Å². The zero-order valence-corrected chi connectivity index (χ0v) is 14.5. The Morgan fingerprint density at radius 1 is 1.17 bits per heavy atom. The lowest BCUT2D eigenvalue weighted by molar-refractivity contribution is -0.132. The van der Waals surface area contributed by atoms with Gasteiger partial charge in [0.25, 0.3) is 0 Å². The molecule has 0 aromatic rings. The minimum atomic E-state index is 0.000927. The molecule has 2 bridgehead atoms. The third-order valence-electron chi connectivity index (χ3n) is 5.76. The van der Waals surface area contributed by atoms with Crippen LogP contribution in [0.3, 0.4) is 0 Å². The van der Waals surface area contributed by atoms with Crippen molar-refractivity contribution in [3.05, 3.63) is 0 Å². The predicted molar refractivity (Wildman–Crippen MR) is 86.9 cm³/mol. The number of piperidine rings is 1. The van der Waals surface area contributed by atoms with E-state index in [0.29, 0.717) is 25.2 Å². The second kappa shape index (κ2) is 6.77. The van der Waals surface area contributed by atoms with Crippen molar-refractivity contribution in [2.45, 2.75) is 63.3 Å². The number of carbonyl (C=O) groups excluding carboxylic acids is 2. The van der Waals surface area contributed by atoms with Crippen molar-refractivity contribution in [3.63, 3.8) is 0 Å². The monoisotopic (exact) mass is 323 g/mol. The Hall–Kier alpha value is -1.14. The van der Waals surface area contributed by atoms with E-state index >= 15 is 0 Å². The molecule has 4 unspecified atom stereocenters. The van der Waals surface area contributed by atoms with Crippen LogP contribution < -0.4 is 5.32 Å². The summed E-state index contributed by atoms with van der Waals surface area (Å²) in [6, 6.07) is 1.11. The molecule has 130 valence electrons. The first-order valence-corrected chi connectivity index (χ1v) is 8.83. The van der Waals surface area contributed by atoms with Gasteiger partial charge in [0, 0.05) is 38.8 Å². The van der Waals surface area contributed by atoms with Crippen molar-refractivity contribution in [3.8, 4) is 0 Å². The molecule has 6 nitrogen and oxygen atoms in total. The zero-order valence-electron chi connectivity index (χ0n) is 14.5. The van der Waals surface area contributed by atoms with Crippen molar-refractivity contribution >= 4 is 11.8 Å². The van der Waals surface area contributed by atoms with Crippen LogP contribution in [0.5, 0.6) is 0 Å². The average Bonchev–Trinajstić information content (AvgIpc) is 3.01. The van der Waals surface area contributed by atoms with E-state index in [-0.39, 0.29) is 29.9 Å². The number of carbonyl (C=O) groups is 2. The standard InChI is InChI=1S/C17H29N3O3/c1-11-15(6-7-23-11)17(22)18-12-8-13-4-5-14(9-12)20(13)10-16(21)19(2)3/h11-15H,4-10H2,1-3H3,(H,18,22). The Bertz CT molecular complexity index is 454. The maximum absolute atomic E-state index is 12.4. The molecule has 0 saturated carbocycles. The van der Waals surface area contributed by atoms with Crippen LogP contribution in [0.1, 0.15) is 39.0 Å². The molecular weight excluding hydrogens is 294 g/mol. The summed E-state index contributed by atoms with van der Waals surface area (Å²) in [7, 11) is 3.62. The van der Waals surface area contributed by atoms with E-state index in [9.17, 15) is 9.59 Å². The van der Waals surface area contributed by atoms with E-state index in [1.54, 1.807) is 4.90 Å². The van der Waals surface area contributed by atoms with Gasteiger partial charge in [0.05, 0.1) is 18.6 Å². The van der Waals surface area contributed by atoms with Crippen LogP contribution >= 0.6 is 0 Å². The summed E-state index contributed by atoms with van der Waals surface area (Å²) in [5.41, 5.74) is 0. The topological polar surface area (TPSA) is 61.9 Å². The molecule has 0 aliphatic carbocycles. The quantitative estimate of drug-likeness (QED) is 0.823. The first-order chi connectivity index (χ1) is 11.0. The molecule has 4 atom stereocenters. The summed E-state index contributed by atoms with van der Waals surface area (Å²) in [6.07, 6.45) is 5.07. The largest absolute Gasteiger partial charge is 0.378 e. The van der Waals surface area contributed by atoms with Crippen molar-refractivity contribution in [2.75, 3.05) is 27.2 Å². The summed E-state index contributed by atoms with van der Waals surface area (Å²) in [6.45, 7) is 3.18. The summed E-state index contributed by atoms with van der Waals surface area (Å²) in [4.78, 5) is 28.5. The molecule has 3 rings (SSSR count). The van der Waals surface area contributed by atoms with Gasteiger partial charge in [0.2, 0.25) is 11.8 Å². The van der Waals surface area contributed by atoms with Gasteiger partial charge in [0.1, 0.15) is 0 Å². The Kier molecular flexibility index (Phi) is 4.92. The smallest absolute Gasteiger partial charge is 0.236 e. The highest BCUT2D eigenvalue weighted by Crippen LogP contribution is 2.35. The molecule has 3 fully saturated rings. The van der Waals surface area contributed by atoms with Gasteiger partial charge < -0.3 is 15.0 Å². The van der Waals surface area contributed by atoms with Gasteiger partial charge in [-0.15, -0.1) is 0 Å². The minimum Gasteiger partial charge on any atom is -0.378 e. The van der Waals surface area contributed by atoms with Gasteiger partial charge in [-0.3, -0.25) is 14.5 Å². The number of fused-ring (bicyclic) bond motifs is 2. The fourth-order valence-electron chi connectivity index (χ4n) is 4.33. The van der Waals surface area contributed by atoms with Crippen LogP contribution in [0.15, 0.2) is 0 Å². The molecule has 3 aliphatic heterocycles. The third-order valence-corrected chi connectivity index (χ3v) is 5.76. The van der Waals surface area contributed by atoms with Crippen molar-refractivity contribution in [1.82, 2.24) is 15.1 Å². The first-order valence-electron chi connectivity index (χ1n) is 8.83. The number of likely N-dealkylation sites (N-methyl/N-ethyl adjacent to an activating group) is 1. The van der Waals surface area contributed by atoms with Crippen LogP contribution in [-0.4, -0.2) is 73.1 Å². The second-order valence-electron chi connectivity index (χ2n) is 7.49. The molecule has 1 N–H and O–H groups in total.